The fraction of sp³-hybridized carbons (Fsp3) is 0.344. The number of carbonyl (C=O) groups is 2. The van der Waals surface area contributed by atoms with Crippen LogP contribution in [0.1, 0.15) is 84.9 Å². The zero-order valence-corrected chi connectivity index (χ0v) is 22.8. The number of phenols is 1. The molecule has 0 unspecified atom stereocenters. The minimum absolute atomic E-state index is 0.0225. The van der Waals surface area contributed by atoms with E-state index in [1.54, 1.807) is 24.3 Å². The Morgan fingerprint density at radius 2 is 1.46 bits per heavy atom. The highest BCUT2D eigenvalue weighted by Gasteiger charge is 2.23. The molecule has 2 N–H and O–H groups in total. The lowest BCUT2D eigenvalue weighted by Gasteiger charge is -2.17. The summed E-state index contributed by atoms with van der Waals surface area (Å²) in [7, 11) is 0. The highest BCUT2D eigenvalue weighted by atomic mass is 32.1. The predicted octanol–water partition coefficient (Wildman–Crippen LogP) is 7.98. The summed E-state index contributed by atoms with van der Waals surface area (Å²) in [6, 6.07) is 13.5. The number of aromatic hydroxyl groups is 1. The molecule has 0 atom stereocenters. The first kappa shape index (κ1) is 28.4. The third-order valence-electron chi connectivity index (χ3n) is 7.08. The van der Waals surface area contributed by atoms with E-state index in [0.717, 1.165) is 25.0 Å². The van der Waals surface area contributed by atoms with E-state index in [0.29, 0.717) is 39.6 Å². The Balaban J connectivity index is 1.57. The minimum Gasteiger partial charge on any atom is -0.508 e. The number of benzene rings is 3. The standard InChI is InChI=1S/C32H34O6S/c33-22-12-15-25-29(19-22)38-30-20-23(34)13-16-26(30)31(25)27-18-21(11-14-24(27)32(36)37)28(35)10-8-6-4-2-1-3-5-7-9-17-39/h11-16,18-20,33,39H,1-10,17H2,(H,36,37). The van der Waals surface area contributed by atoms with Crippen LogP contribution in [0.15, 0.2) is 63.8 Å². The van der Waals surface area contributed by atoms with Gasteiger partial charge in [-0.25, -0.2) is 4.79 Å². The Bertz CT molecular complexity index is 1490. The number of phenolic OH excluding ortho intramolecular Hbond substituents is 1. The molecule has 0 saturated carbocycles. The molecule has 0 saturated heterocycles. The van der Waals surface area contributed by atoms with Gasteiger partial charge in [-0.15, -0.1) is 0 Å². The van der Waals surface area contributed by atoms with Crippen molar-refractivity contribution in [2.45, 2.75) is 64.2 Å². The number of thiol groups is 1. The summed E-state index contributed by atoms with van der Waals surface area (Å²) < 4.78 is 5.89. The third kappa shape index (κ3) is 7.09. The van der Waals surface area contributed by atoms with Gasteiger partial charge in [-0.1, -0.05) is 51.0 Å². The molecule has 2 aromatic carbocycles. The predicted molar refractivity (Wildman–Crippen MR) is 158 cm³/mol. The fourth-order valence-electron chi connectivity index (χ4n) is 5.04. The molecule has 2 aromatic rings. The van der Waals surface area contributed by atoms with E-state index >= 15 is 0 Å². The van der Waals surface area contributed by atoms with Crippen LogP contribution in [-0.4, -0.2) is 27.7 Å². The monoisotopic (exact) mass is 546 g/mol. The molecule has 204 valence electrons. The van der Waals surface area contributed by atoms with Crippen LogP contribution in [-0.2, 0) is 0 Å². The van der Waals surface area contributed by atoms with Crippen molar-refractivity contribution in [1.82, 2.24) is 0 Å². The number of carboxylic acid groups (broad SMARTS) is 1. The van der Waals surface area contributed by atoms with Gasteiger partial charge in [-0.05, 0) is 60.6 Å². The van der Waals surface area contributed by atoms with Crippen molar-refractivity contribution >= 4 is 35.4 Å². The van der Waals surface area contributed by atoms with Gasteiger partial charge in [0, 0.05) is 40.6 Å². The van der Waals surface area contributed by atoms with Crippen molar-refractivity contribution in [3.8, 4) is 28.2 Å². The molecule has 7 heteroatoms. The molecule has 0 fully saturated rings. The summed E-state index contributed by atoms with van der Waals surface area (Å²) in [6.45, 7) is 0. The van der Waals surface area contributed by atoms with Crippen molar-refractivity contribution in [2.75, 3.05) is 5.75 Å². The first-order chi connectivity index (χ1) is 18.9. The van der Waals surface area contributed by atoms with Crippen LogP contribution < -0.4 is 5.43 Å². The van der Waals surface area contributed by atoms with Crippen molar-refractivity contribution < 1.29 is 24.2 Å². The van der Waals surface area contributed by atoms with Crippen LogP contribution >= 0.6 is 12.6 Å². The molecule has 1 aliphatic heterocycles. The average Bonchev–Trinajstić information content (AvgIpc) is 2.92. The number of Topliss-reactive ketones (excluding diaryl/α,β-unsaturated/α-hetero) is 1. The molecule has 6 nitrogen and oxygen atoms in total. The van der Waals surface area contributed by atoms with E-state index in [-0.39, 0.29) is 28.3 Å². The zero-order valence-electron chi connectivity index (χ0n) is 21.9. The second kappa shape index (κ2) is 13.5. The minimum atomic E-state index is -1.13. The number of hydrogen-bond donors (Lipinski definition) is 3. The highest BCUT2D eigenvalue weighted by Crippen LogP contribution is 2.42. The Morgan fingerprint density at radius 3 is 2.15 bits per heavy atom. The number of ketones is 1. The Labute approximate surface area is 233 Å². The lowest BCUT2D eigenvalue weighted by Crippen LogP contribution is -2.06. The van der Waals surface area contributed by atoms with Gasteiger partial charge in [-0.2, -0.15) is 12.6 Å². The molecule has 0 spiro atoms. The Hall–Kier alpha value is -3.58. The number of carboxylic acids is 1. The van der Waals surface area contributed by atoms with Crippen LogP contribution in [0.3, 0.4) is 0 Å². The molecule has 39 heavy (non-hydrogen) atoms. The van der Waals surface area contributed by atoms with Gasteiger partial charge in [0.15, 0.2) is 11.2 Å². The van der Waals surface area contributed by atoms with Gasteiger partial charge in [0.05, 0.1) is 5.56 Å². The van der Waals surface area contributed by atoms with Crippen LogP contribution in [0.2, 0.25) is 0 Å². The molecule has 0 aromatic heterocycles. The topological polar surface area (TPSA) is 105 Å². The summed E-state index contributed by atoms with van der Waals surface area (Å²) in [4.78, 5) is 37.4. The molecule has 4 rings (SSSR count). The number of hydrogen-bond acceptors (Lipinski definition) is 6. The lowest BCUT2D eigenvalue weighted by molar-refractivity contribution is 0.0697. The largest absolute Gasteiger partial charge is 0.508 e. The maximum atomic E-state index is 13.1. The van der Waals surface area contributed by atoms with Gasteiger partial charge < -0.3 is 14.6 Å². The molecular weight excluding hydrogens is 512 g/mol. The second-order valence-corrected chi connectivity index (χ2v) is 10.4. The van der Waals surface area contributed by atoms with Crippen molar-refractivity contribution in [3.63, 3.8) is 0 Å². The number of aromatic carboxylic acids is 1. The van der Waals surface area contributed by atoms with E-state index in [1.165, 1.54) is 68.9 Å². The van der Waals surface area contributed by atoms with Gasteiger partial charge in [-0.3, -0.25) is 9.59 Å². The van der Waals surface area contributed by atoms with Crippen LogP contribution in [0, 0.1) is 0 Å². The Kier molecular flexibility index (Phi) is 9.82. The summed E-state index contributed by atoms with van der Waals surface area (Å²) in [6.07, 6.45) is 10.6. The summed E-state index contributed by atoms with van der Waals surface area (Å²) in [5.41, 5.74) is 1.97. The molecule has 1 aliphatic carbocycles. The van der Waals surface area contributed by atoms with Crippen LogP contribution in [0.25, 0.3) is 33.4 Å². The van der Waals surface area contributed by atoms with E-state index < -0.39 is 5.97 Å². The maximum Gasteiger partial charge on any atom is 0.336 e. The van der Waals surface area contributed by atoms with Crippen molar-refractivity contribution in [2.24, 2.45) is 0 Å². The number of unbranched alkanes of at least 4 members (excludes halogenated alkanes) is 8. The summed E-state index contributed by atoms with van der Waals surface area (Å²) >= 11 is 4.24. The van der Waals surface area contributed by atoms with Gasteiger partial charge in [0.2, 0.25) is 0 Å². The van der Waals surface area contributed by atoms with Gasteiger partial charge >= 0.3 is 5.97 Å². The quantitative estimate of drug-likeness (QED) is 0.0641. The van der Waals surface area contributed by atoms with E-state index in [1.807, 2.05) is 0 Å². The second-order valence-electron chi connectivity index (χ2n) is 9.96. The van der Waals surface area contributed by atoms with E-state index in [9.17, 15) is 24.6 Å². The number of fused-ring (bicyclic) bond motifs is 2. The first-order valence-electron chi connectivity index (χ1n) is 13.6. The van der Waals surface area contributed by atoms with Crippen LogP contribution in [0.5, 0.6) is 5.75 Å². The zero-order chi connectivity index (χ0) is 27.8. The van der Waals surface area contributed by atoms with Crippen molar-refractivity contribution in [1.29, 1.82) is 0 Å². The van der Waals surface area contributed by atoms with Crippen molar-refractivity contribution in [3.05, 3.63) is 75.9 Å². The molecule has 2 aliphatic rings. The number of rotatable bonds is 14. The molecule has 0 radical (unpaired) electrons. The number of carbonyl (C=O) groups excluding carboxylic acids is 1. The summed E-state index contributed by atoms with van der Waals surface area (Å²) in [5, 5.41) is 20.6. The van der Waals surface area contributed by atoms with Gasteiger partial charge in [0.25, 0.3) is 0 Å². The highest BCUT2D eigenvalue weighted by molar-refractivity contribution is 7.80. The maximum absolute atomic E-state index is 13.1. The smallest absolute Gasteiger partial charge is 0.336 e. The Morgan fingerprint density at radius 1 is 0.769 bits per heavy atom. The average molecular weight is 547 g/mol. The fourth-order valence-corrected chi connectivity index (χ4v) is 5.26. The molecule has 0 bridgehead atoms. The lowest BCUT2D eigenvalue weighted by atomic mass is 9.88. The molecule has 1 heterocycles. The molecular formula is C32H34O6S. The van der Waals surface area contributed by atoms with Crippen LogP contribution in [0.4, 0.5) is 0 Å². The normalized spacial score (nSPS) is 11.3. The van der Waals surface area contributed by atoms with Gasteiger partial charge in [0.1, 0.15) is 17.1 Å². The first-order valence-corrected chi connectivity index (χ1v) is 14.2. The molecule has 0 amide bonds. The SMILES string of the molecule is O=C(CCCCCCCCCCCS)c1ccc(C(=O)O)c(-c2c3ccc(=O)cc-3oc3cc(O)ccc23)c1. The van der Waals surface area contributed by atoms with E-state index in [2.05, 4.69) is 12.6 Å². The summed E-state index contributed by atoms with van der Waals surface area (Å²) in [5.74, 6) is 0.0381. The van der Waals surface area contributed by atoms with E-state index in [4.69, 9.17) is 4.42 Å². The third-order valence-corrected chi connectivity index (χ3v) is 7.40.